The van der Waals surface area contributed by atoms with E-state index < -0.39 is 29.7 Å². The van der Waals surface area contributed by atoms with Crippen molar-refractivity contribution in [1.82, 2.24) is 25.4 Å². The number of amides is 4. The number of thiophene rings is 1. The number of halogens is 1. The summed E-state index contributed by atoms with van der Waals surface area (Å²) in [6, 6.07) is 6.37. The normalized spacial score (nSPS) is 18.0. The van der Waals surface area contributed by atoms with Crippen molar-refractivity contribution >= 4 is 50.9 Å². The number of pyridine rings is 1. The molecule has 46 heavy (non-hydrogen) atoms. The second-order valence-corrected chi connectivity index (χ2v) is 13.3. The number of nitrogens with one attached hydrogen (secondary N) is 3. The SMILES string of the molecule is CCC(=O)NC(C(=O)N1CCN(C)CC1)C(C)c1ccc(NC(=O)C(NC(=O)c2csc3ncccc23)C2CCCCC2)c(F)c1. The van der Waals surface area contributed by atoms with E-state index in [0.717, 1.165) is 55.4 Å². The van der Waals surface area contributed by atoms with Gasteiger partial charge in [0, 0.05) is 55.5 Å². The summed E-state index contributed by atoms with van der Waals surface area (Å²) in [7, 11) is 2.00. The van der Waals surface area contributed by atoms with E-state index in [2.05, 4.69) is 25.8 Å². The minimum atomic E-state index is -0.857. The first-order valence-corrected chi connectivity index (χ1v) is 17.0. The summed E-state index contributed by atoms with van der Waals surface area (Å²) in [5, 5.41) is 11.0. The number of hydrogen-bond acceptors (Lipinski definition) is 7. The Hall–Kier alpha value is -3.90. The van der Waals surface area contributed by atoms with Crippen molar-refractivity contribution in [3.05, 3.63) is 58.9 Å². The lowest BCUT2D eigenvalue weighted by Crippen LogP contribution is -2.55. The van der Waals surface area contributed by atoms with Gasteiger partial charge in [0.2, 0.25) is 17.7 Å². The Morgan fingerprint density at radius 1 is 1.04 bits per heavy atom. The van der Waals surface area contributed by atoms with E-state index in [4.69, 9.17) is 0 Å². The largest absolute Gasteiger partial charge is 0.344 e. The molecule has 10 nitrogen and oxygen atoms in total. The Balaban J connectivity index is 1.33. The number of aromatic nitrogens is 1. The van der Waals surface area contributed by atoms with Crippen LogP contribution in [0.5, 0.6) is 0 Å². The molecule has 3 N–H and O–H groups in total. The van der Waals surface area contributed by atoms with Gasteiger partial charge in [0.1, 0.15) is 22.7 Å². The molecule has 0 bridgehead atoms. The van der Waals surface area contributed by atoms with Crippen LogP contribution in [0, 0.1) is 11.7 Å². The molecule has 1 aliphatic carbocycles. The number of nitrogens with zero attached hydrogens (tertiary/aromatic N) is 3. The van der Waals surface area contributed by atoms with Gasteiger partial charge < -0.3 is 25.8 Å². The minimum Gasteiger partial charge on any atom is -0.344 e. The average Bonchev–Trinajstić information content (AvgIpc) is 3.51. The predicted molar refractivity (Wildman–Crippen MR) is 177 cm³/mol. The van der Waals surface area contributed by atoms with Crippen molar-refractivity contribution < 1.29 is 23.6 Å². The Morgan fingerprint density at radius 2 is 1.78 bits per heavy atom. The maximum atomic E-state index is 15.6. The number of carbonyl (C=O) groups excluding carboxylic acids is 4. The molecular formula is C34H43FN6O4S. The fourth-order valence-electron chi connectivity index (χ4n) is 6.35. The van der Waals surface area contributed by atoms with Gasteiger partial charge in [-0.05, 0) is 55.6 Å². The number of fused-ring (bicyclic) bond motifs is 1. The first kappa shape index (κ1) is 33.5. The number of hydrogen-bond donors (Lipinski definition) is 3. The van der Waals surface area contributed by atoms with Gasteiger partial charge in [-0.3, -0.25) is 19.2 Å². The van der Waals surface area contributed by atoms with E-state index in [1.165, 1.54) is 23.5 Å². The van der Waals surface area contributed by atoms with Crippen molar-refractivity contribution in [3.8, 4) is 0 Å². The predicted octanol–water partition coefficient (Wildman–Crippen LogP) is 4.53. The first-order valence-electron chi connectivity index (χ1n) is 16.2. The molecule has 0 radical (unpaired) electrons. The number of rotatable bonds is 10. The molecule has 246 valence electrons. The zero-order chi connectivity index (χ0) is 32.8. The van der Waals surface area contributed by atoms with Crippen molar-refractivity contribution in [3.63, 3.8) is 0 Å². The Labute approximate surface area is 273 Å². The molecule has 0 spiro atoms. The molecular weight excluding hydrogens is 607 g/mol. The summed E-state index contributed by atoms with van der Waals surface area (Å²) in [5.41, 5.74) is 0.970. The van der Waals surface area contributed by atoms with Crippen LogP contribution in [0.25, 0.3) is 10.2 Å². The summed E-state index contributed by atoms with van der Waals surface area (Å²) in [5.74, 6) is -2.55. The topological polar surface area (TPSA) is 124 Å². The van der Waals surface area contributed by atoms with Crippen molar-refractivity contribution in [2.45, 2.75) is 70.4 Å². The molecule has 2 aromatic heterocycles. The van der Waals surface area contributed by atoms with Crippen LogP contribution in [0.2, 0.25) is 0 Å². The summed E-state index contributed by atoms with van der Waals surface area (Å²) >= 11 is 1.37. The van der Waals surface area contributed by atoms with Gasteiger partial charge in [-0.15, -0.1) is 11.3 Å². The van der Waals surface area contributed by atoms with Crippen LogP contribution in [0.4, 0.5) is 10.1 Å². The van der Waals surface area contributed by atoms with Crippen LogP contribution < -0.4 is 16.0 Å². The molecule has 1 aromatic carbocycles. The van der Waals surface area contributed by atoms with Gasteiger partial charge >= 0.3 is 0 Å². The highest BCUT2D eigenvalue weighted by atomic mass is 32.1. The third-order valence-corrected chi connectivity index (χ3v) is 10.2. The first-order chi connectivity index (χ1) is 22.2. The molecule has 12 heteroatoms. The van der Waals surface area contributed by atoms with Crippen LogP contribution in [0.1, 0.15) is 74.2 Å². The van der Waals surface area contributed by atoms with Gasteiger partial charge in [0.25, 0.3) is 5.91 Å². The maximum Gasteiger partial charge on any atom is 0.253 e. The smallest absolute Gasteiger partial charge is 0.253 e. The summed E-state index contributed by atoms with van der Waals surface area (Å²) < 4.78 is 15.6. The molecule has 1 saturated heterocycles. The molecule has 1 aliphatic heterocycles. The molecule has 1 saturated carbocycles. The number of benzene rings is 1. The molecule has 3 unspecified atom stereocenters. The van der Waals surface area contributed by atoms with Gasteiger partial charge in [-0.2, -0.15) is 0 Å². The average molecular weight is 651 g/mol. The molecule has 2 aliphatic rings. The van der Waals surface area contributed by atoms with E-state index in [1.54, 1.807) is 42.5 Å². The van der Waals surface area contributed by atoms with Crippen molar-refractivity contribution in [2.75, 3.05) is 38.5 Å². The van der Waals surface area contributed by atoms with E-state index in [9.17, 15) is 19.2 Å². The summed E-state index contributed by atoms with van der Waals surface area (Å²) in [6.07, 6.45) is 6.46. The summed E-state index contributed by atoms with van der Waals surface area (Å²) in [6.45, 7) is 6.09. The van der Waals surface area contributed by atoms with Crippen LogP contribution in [-0.2, 0) is 14.4 Å². The highest BCUT2D eigenvalue weighted by Gasteiger charge is 2.34. The third kappa shape index (κ3) is 7.72. The van der Waals surface area contributed by atoms with Crippen LogP contribution in [0.3, 0.4) is 0 Å². The molecule has 3 aromatic rings. The molecule has 3 heterocycles. The monoisotopic (exact) mass is 650 g/mol. The van der Waals surface area contributed by atoms with Crippen molar-refractivity contribution in [1.29, 1.82) is 0 Å². The van der Waals surface area contributed by atoms with Gasteiger partial charge in [0.15, 0.2) is 0 Å². The number of piperazine rings is 1. The number of anilines is 1. The Bertz CT molecular complexity index is 1570. The Kier molecular flexibility index (Phi) is 11.0. The van der Waals surface area contributed by atoms with E-state index >= 15 is 4.39 Å². The highest BCUT2D eigenvalue weighted by Crippen LogP contribution is 2.30. The lowest BCUT2D eigenvalue weighted by Gasteiger charge is -2.36. The molecule has 4 amide bonds. The fraction of sp³-hybridized carbons (Fsp3) is 0.500. The van der Waals surface area contributed by atoms with Gasteiger partial charge in [0.05, 0.1) is 11.3 Å². The molecule has 5 rings (SSSR count). The van der Waals surface area contributed by atoms with E-state index in [-0.39, 0.29) is 35.7 Å². The lowest BCUT2D eigenvalue weighted by atomic mass is 9.83. The van der Waals surface area contributed by atoms with Gasteiger partial charge in [-0.25, -0.2) is 9.37 Å². The highest BCUT2D eigenvalue weighted by molar-refractivity contribution is 7.17. The van der Waals surface area contributed by atoms with E-state index in [1.807, 2.05) is 13.1 Å². The van der Waals surface area contributed by atoms with Crippen LogP contribution >= 0.6 is 11.3 Å². The number of carbonyl (C=O) groups is 4. The third-order valence-electron chi connectivity index (χ3n) is 9.28. The van der Waals surface area contributed by atoms with E-state index in [0.29, 0.717) is 24.2 Å². The second kappa shape index (κ2) is 15.1. The van der Waals surface area contributed by atoms with Crippen LogP contribution in [0.15, 0.2) is 41.9 Å². The standard InChI is InChI=1S/C34H43FN6O4S/c1-4-28(42)38-29(34(45)41-17-15-40(3)16-18-41)21(2)23-12-13-27(26(35)19-23)37-32(44)30(22-9-6-5-7-10-22)39-31(43)25-20-46-33-24(25)11-8-14-36-33/h8,11-14,19-22,29-30H,4-7,9-10,15-18H2,1-3H3,(H,37,44)(H,38,42)(H,39,43). The Morgan fingerprint density at radius 3 is 2.48 bits per heavy atom. The van der Waals surface area contributed by atoms with Crippen molar-refractivity contribution in [2.24, 2.45) is 5.92 Å². The van der Waals surface area contributed by atoms with Gasteiger partial charge in [-0.1, -0.05) is 39.2 Å². The molecule has 2 fully saturated rings. The minimum absolute atomic E-state index is 0.0132. The zero-order valence-electron chi connectivity index (χ0n) is 26.7. The molecule has 3 atom stereocenters. The lowest BCUT2D eigenvalue weighted by molar-refractivity contribution is -0.138. The fourth-order valence-corrected chi connectivity index (χ4v) is 7.24. The second-order valence-electron chi connectivity index (χ2n) is 12.4. The number of likely N-dealkylation sites (N-methyl/N-ethyl adjacent to an activating group) is 1. The summed E-state index contributed by atoms with van der Waals surface area (Å²) in [4.78, 5) is 62.0. The quantitative estimate of drug-likeness (QED) is 0.297. The maximum absolute atomic E-state index is 15.6. The van der Waals surface area contributed by atoms with Crippen LogP contribution in [-0.4, -0.2) is 83.7 Å². The zero-order valence-corrected chi connectivity index (χ0v) is 27.5.